The molecule has 1 fully saturated rings. The molecule has 3 nitrogen and oxygen atoms in total. The van der Waals surface area contributed by atoms with Crippen molar-refractivity contribution in [2.45, 2.75) is 18.9 Å². The summed E-state index contributed by atoms with van der Waals surface area (Å²) in [6, 6.07) is 9.68. The van der Waals surface area contributed by atoms with Gasteiger partial charge in [-0.05, 0) is 18.5 Å². The van der Waals surface area contributed by atoms with Gasteiger partial charge in [0.05, 0.1) is 6.42 Å². The minimum Gasteiger partial charge on any atom is -0.461 e. The fourth-order valence-electron chi connectivity index (χ4n) is 1.72. The molecule has 1 unspecified atom stereocenters. The SMILES string of the molecule is Cl.O=C(Cc1ccccc1)OC1CCNC1. The molecule has 1 aromatic rings. The maximum absolute atomic E-state index is 11.5. The van der Waals surface area contributed by atoms with Crippen molar-refractivity contribution in [2.75, 3.05) is 13.1 Å². The van der Waals surface area contributed by atoms with E-state index in [0.717, 1.165) is 25.1 Å². The zero-order valence-corrected chi connectivity index (χ0v) is 9.83. The standard InChI is InChI=1S/C12H15NO2.ClH/c14-12(15-11-6-7-13-9-11)8-10-4-2-1-3-5-10;/h1-5,11,13H,6-9H2;1H. The quantitative estimate of drug-likeness (QED) is 0.817. The van der Waals surface area contributed by atoms with Crippen molar-refractivity contribution < 1.29 is 9.53 Å². The van der Waals surface area contributed by atoms with Crippen LogP contribution >= 0.6 is 12.4 Å². The van der Waals surface area contributed by atoms with Gasteiger partial charge in [-0.2, -0.15) is 0 Å². The molecule has 1 aliphatic heterocycles. The van der Waals surface area contributed by atoms with Crippen molar-refractivity contribution in [1.29, 1.82) is 0 Å². The maximum Gasteiger partial charge on any atom is 0.310 e. The summed E-state index contributed by atoms with van der Waals surface area (Å²) in [6.45, 7) is 1.74. The third-order valence-electron chi connectivity index (χ3n) is 2.50. The molecule has 2 rings (SSSR count). The first-order valence-electron chi connectivity index (χ1n) is 5.29. The van der Waals surface area contributed by atoms with Gasteiger partial charge in [0, 0.05) is 6.54 Å². The Morgan fingerprint density at radius 3 is 2.75 bits per heavy atom. The summed E-state index contributed by atoms with van der Waals surface area (Å²) in [4.78, 5) is 11.5. The van der Waals surface area contributed by atoms with Crippen molar-refractivity contribution >= 4 is 18.4 Å². The van der Waals surface area contributed by atoms with E-state index in [4.69, 9.17) is 4.74 Å². The van der Waals surface area contributed by atoms with E-state index in [1.807, 2.05) is 30.3 Å². The normalized spacial score (nSPS) is 18.9. The first kappa shape index (κ1) is 13.0. The van der Waals surface area contributed by atoms with Crippen LogP contribution in [0, 0.1) is 0 Å². The highest BCUT2D eigenvalue weighted by molar-refractivity contribution is 5.85. The molecule has 1 saturated heterocycles. The van der Waals surface area contributed by atoms with E-state index in [1.165, 1.54) is 0 Å². The van der Waals surface area contributed by atoms with Crippen LogP contribution in [0.2, 0.25) is 0 Å². The van der Waals surface area contributed by atoms with Crippen LogP contribution in [-0.2, 0) is 16.0 Å². The molecule has 0 aromatic heterocycles. The van der Waals surface area contributed by atoms with Crippen LogP contribution in [0.1, 0.15) is 12.0 Å². The molecule has 0 aliphatic carbocycles. The van der Waals surface area contributed by atoms with Crippen molar-refractivity contribution in [1.82, 2.24) is 5.32 Å². The van der Waals surface area contributed by atoms with Crippen molar-refractivity contribution in [3.8, 4) is 0 Å². The van der Waals surface area contributed by atoms with Crippen LogP contribution in [0.4, 0.5) is 0 Å². The number of esters is 1. The molecule has 0 bridgehead atoms. The number of hydrogen-bond donors (Lipinski definition) is 1. The van der Waals surface area contributed by atoms with Gasteiger partial charge in [0.25, 0.3) is 0 Å². The van der Waals surface area contributed by atoms with Crippen LogP contribution < -0.4 is 5.32 Å². The summed E-state index contributed by atoms with van der Waals surface area (Å²) >= 11 is 0. The van der Waals surface area contributed by atoms with Crippen LogP contribution in [0.25, 0.3) is 0 Å². The molecule has 1 heterocycles. The largest absolute Gasteiger partial charge is 0.461 e. The lowest BCUT2D eigenvalue weighted by Gasteiger charge is -2.10. The monoisotopic (exact) mass is 241 g/mol. The molecule has 1 aliphatic rings. The van der Waals surface area contributed by atoms with Gasteiger partial charge < -0.3 is 10.1 Å². The second-order valence-corrected chi connectivity index (χ2v) is 3.77. The van der Waals surface area contributed by atoms with Gasteiger partial charge in [-0.1, -0.05) is 30.3 Å². The van der Waals surface area contributed by atoms with E-state index in [1.54, 1.807) is 0 Å². The zero-order chi connectivity index (χ0) is 10.5. The highest BCUT2D eigenvalue weighted by Crippen LogP contribution is 2.06. The predicted octanol–water partition coefficient (Wildman–Crippen LogP) is 1.56. The lowest BCUT2D eigenvalue weighted by atomic mass is 10.1. The van der Waals surface area contributed by atoms with E-state index in [0.29, 0.717) is 6.42 Å². The first-order chi connectivity index (χ1) is 7.34. The van der Waals surface area contributed by atoms with Crippen molar-refractivity contribution in [3.63, 3.8) is 0 Å². The molecule has 1 N–H and O–H groups in total. The minimum atomic E-state index is -0.130. The lowest BCUT2D eigenvalue weighted by molar-refractivity contribution is -0.147. The van der Waals surface area contributed by atoms with Gasteiger partial charge in [0.1, 0.15) is 6.10 Å². The number of halogens is 1. The topological polar surface area (TPSA) is 38.3 Å². The summed E-state index contributed by atoms with van der Waals surface area (Å²) < 4.78 is 5.31. The second-order valence-electron chi connectivity index (χ2n) is 3.77. The molecule has 1 aromatic carbocycles. The summed E-state index contributed by atoms with van der Waals surface area (Å²) in [5.41, 5.74) is 1.01. The second kappa shape index (κ2) is 6.51. The molecule has 16 heavy (non-hydrogen) atoms. The fraction of sp³-hybridized carbons (Fsp3) is 0.417. The Morgan fingerprint density at radius 1 is 1.38 bits per heavy atom. The molecule has 0 amide bonds. The minimum absolute atomic E-state index is 0. The zero-order valence-electron chi connectivity index (χ0n) is 9.02. The predicted molar refractivity (Wildman–Crippen MR) is 64.8 cm³/mol. The van der Waals surface area contributed by atoms with Gasteiger partial charge in [0.15, 0.2) is 0 Å². The maximum atomic E-state index is 11.5. The van der Waals surface area contributed by atoms with Crippen LogP contribution in [0.3, 0.4) is 0 Å². The molecular formula is C12H16ClNO2. The average Bonchev–Trinajstić information content (AvgIpc) is 2.71. The first-order valence-corrected chi connectivity index (χ1v) is 5.29. The Balaban J connectivity index is 0.00000128. The average molecular weight is 242 g/mol. The van der Waals surface area contributed by atoms with E-state index in [9.17, 15) is 4.79 Å². The van der Waals surface area contributed by atoms with Crippen LogP contribution in [-0.4, -0.2) is 25.2 Å². The number of ether oxygens (including phenoxy) is 1. The highest BCUT2D eigenvalue weighted by Gasteiger charge is 2.18. The van der Waals surface area contributed by atoms with Crippen molar-refractivity contribution in [2.24, 2.45) is 0 Å². The van der Waals surface area contributed by atoms with E-state index >= 15 is 0 Å². The number of benzene rings is 1. The third-order valence-corrected chi connectivity index (χ3v) is 2.50. The summed E-state index contributed by atoms with van der Waals surface area (Å²) in [7, 11) is 0. The summed E-state index contributed by atoms with van der Waals surface area (Å²) in [5, 5.41) is 3.16. The molecule has 0 radical (unpaired) electrons. The fourth-order valence-corrected chi connectivity index (χ4v) is 1.72. The van der Waals surface area contributed by atoms with Gasteiger partial charge >= 0.3 is 5.97 Å². The van der Waals surface area contributed by atoms with E-state index in [-0.39, 0.29) is 24.5 Å². The molecule has 0 saturated carbocycles. The van der Waals surface area contributed by atoms with Crippen LogP contribution in [0.5, 0.6) is 0 Å². The summed E-state index contributed by atoms with van der Waals surface area (Å²) in [6.07, 6.45) is 1.37. The van der Waals surface area contributed by atoms with E-state index in [2.05, 4.69) is 5.32 Å². The number of hydrogen-bond acceptors (Lipinski definition) is 3. The lowest BCUT2D eigenvalue weighted by Crippen LogP contribution is -2.21. The smallest absolute Gasteiger partial charge is 0.310 e. The Hall–Kier alpha value is -1.06. The number of rotatable bonds is 3. The molecule has 0 spiro atoms. The van der Waals surface area contributed by atoms with Gasteiger partial charge in [0.2, 0.25) is 0 Å². The Morgan fingerprint density at radius 2 is 2.12 bits per heavy atom. The Labute approximate surface area is 102 Å². The number of carbonyl (C=O) groups excluding carboxylic acids is 1. The molecular weight excluding hydrogens is 226 g/mol. The Bertz CT molecular complexity index is 323. The highest BCUT2D eigenvalue weighted by atomic mass is 35.5. The van der Waals surface area contributed by atoms with Gasteiger partial charge in [-0.25, -0.2) is 0 Å². The van der Waals surface area contributed by atoms with Crippen LogP contribution in [0.15, 0.2) is 30.3 Å². The number of carbonyl (C=O) groups is 1. The molecule has 1 atom stereocenters. The summed E-state index contributed by atoms with van der Waals surface area (Å²) in [5.74, 6) is -0.130. The Kier molecular flexibility index (Phi) is 5.29. The van der Waals surface area contributed by atoms with Gasteiger partial charge in [-0.15, -0.1) is 12.4 Å². The third kappa shape index (κ3) is 3.83. The molecule has 4 heteroatoms. The van der Waals surface area contributed by atoms with Crippen molar-refractivity contribution in [3.05, 3.63) is 35.9 Å². The molecule has 88 valence electrons. The van der Waals surface area contributed by atoms with Gasteiger partial charge in [-0.3, -0.25) is 4.79 Å². The number of nitrogens with one attached hydrogen (secondary N) is 1. The van der Waals surface area contributed by atoms with E-state index < -0.39 is 0 Å².